The number of aromatic nitrogens is 3. The van der Waals surface area contributed by atoms with Gasteiger partial charge in [-0.3, -0.25) is 19.4 Å². The van der Waals surface area contributed by atoms with Crippen LogP contribution in [0.5, 0.6) is 5.75 Å². The molecule has 38 heavy (non-hydrogen) atoms. The minimum absolute atomic E-state index is 0.130. The van der Waals surface area contributed by atoms with Gasteiger partial charge in [0.2, 0.25) is 0 Å². The second-order valence-electron chi connectivity index (χ2n) is 9.04. The molecule has 10 nitrogen and oxygen atoms in total. The van der Waals surface area contributed by atoms with Crippen LogP contribution >= 0.6 is 0 Å². The average molecular weight is 511 g/mol. The van der Waals surface area contributed by atoms with Crippen LogP contribution in [0.2, 0.25) is 0 Å². The Labute approximate surface area is 218 Å². The van der Waals surface area contributed by atoms with Crippen LogP contribution in [0.4, 0.5) is 0 Å². The lowest BCUT2D eigenvalue weighted by Crippen LogP contribution is -2.54. The van der Waals surface area contributed by atoms with E-state index in [0.29, 0.717) is 35.0 Å². The topological polar surface area (TPSA) is 146 Å². The first-order valence-corrected chi connectivity index (χ1v) is 12.3. The first kappa shape index (κ1) is 25.0. The van der Waals surface area contributed by atoms with Gasteiger partial charge in [0.25, 0.3) is 11.8 Å². The molecule has 0 saturated carbocycles. The summed E-state index contributed by atoms with van der Waals surface area (Å²) in [6.45, 7) is 1.28. The van der Waals surface area contributed by atoms with Crippen LogP contribution in [-0.4, -0.2) is 62.8 Å². The number of fused-ring (bicyclic) bond motifs is 1. The molecule has 10 heteroatoms. The molecule has 0 unspecified atom stereocenters. The summed E-state index contributed by atoms with van der Waals surface area (Å²) < 4.78 is 0. The average Bonchev–Trinajstić information content (AvgIpc) is 3.17. The van der Waals surface area contributed by atoms with Crippen molar-refractivity contribution in [1.82, 2.24) is 30.9 Å². The summed E-state index contributed by atoms with van der Waals surface area (Å²) in [5, 5.41) is 20.2. The Kier molecular flexibility index (Phi) is 7.32. The summed E-state index contributed by atoms with van der Waals surface area (Å²) in [7, 11) is 0. The van der Waals surface area contributed by atoms with Crippen LogP contribution < -0.4 is 16.0 Å². The van der Waals surface area contributed by atoms with E-state index in [1.54, 1.807) is 48.7 Å². The molecule has 4 aromatic rings. The predicted octanol–water partition coefficient (Wildman–Crippen LogP) is 2.24. The van der Waals surface area contributed by atoms with Gasteiger partial charge in [-0.2, -0.15) is 0 Å². The van der Waals surface area contributed by atoms with Crippen LogP contribution in [0.1, 0.15) is 49.6 Å². The minimum Gasteiger partial charge on any atom is -0.507 e. The van der Waals surface area contributed by atoms with E-state index in [-0.39, 0.29) is 46.7 Å². The molecule has 1 saturated heterocycles. The summed E-state index contributed by atoms with van der Waals surface area (Å²) in [6, 6.07) is 13.7. The Morgan fingerprint density at radius 2 is 1.66 bits per heavy atom. The van der Waals surface area contributed by atoms with Gasteiger partial charge < -0.3 is 21.1 Å². The van der Waals surface area contributed by atoms with Crippen LogP contribution in [0.15, 0.2) is 73.3 Å². The number of nitrogens with zero attached hydrogens (tertiary/aromatic N) is 3. The quantitative estimate of drug-likeness (QED) is 0.289. The number of phenolic OH excluding ortho intramolecular Hbond substituents is 1. The molecule has 1 fully saturated rings. The maximum atomic E-state index is 13.2. The van der Waals surface area contributed by atoms with Gasteiger partial charge in [0.15, 0.2) is 5.78 Å². The number of phenols is 1. The molecule has 0 bridgehead atoms. The Morgan fingerprint density at radius 1 is 0.868 bits per heavy atom. The fourth-order valence-electron chi connectivity index (χ4n) is 4.59. The van der Waals surface area contributed by atoms with Crippen molar-refractivity contribution in [3.63, 3.8) is 0 Å². The zero-order chi connectivity index (χ0) is 26.5. The number of amides is 2. The maximum Gasteiger partial charge on any atom is 0.270 e. The molecular formula is C28H26N6O4. The van der Waals surface area contributed by atoms with E-state index < -0.39 is 0 Å². The predicted molar refractivity (Wildman–Crippen MR) is 140 cm³/mol. The molecule has 3 heterocycles. The number of benzene rings is 2. The summed E-state index contributed by atoms with van der Waals surface area (Å²) in [5.41, 5.74) is 1.73. The van der Waals surface area contributed by atoms with Crippen molar-refractivity contribution in [1.29, 1.82) is 0 Å². The normalized spacial score (nSPS) is 17.4. The van der Waals surface area contributed by atoms with Crippen LogP contribution in [0.25, 0.3) is 10.9 Å². The molecule has 0 spiro atoms. The molecule has 2 aromatic carbocycles. The van der Waals surface area contributed by atoms with E-state index in [1.165, 1.54) is 24.7 Å². The summed E-state index contributed by atoms with van der Waals surface area (Å²) in [5.74, 6) is -1.14. The molecular weight excluding hydrogens is 484 g/mol. The lowest BCUT2D eigenvalue weighted by atomic mass is 9.97. The second-order valence-corrected chi connectivity index (χ2v) is 9.04. The first-order valence-electron chi connectivity index (χ1n) is 12.3. The fourth-order valence-corrected chi connectivity index (χ4v) is 4.59. The van der Waals surface area contributed by atoms with E-state index >= 15 is 0 Å². The Bertz CT molecular complexity index is 1480. The van der Waals surface area contributed by atoms with Gasteiger partial charge in [0, 0.05) is 35.5 Å². The molecule has 192 valence electrons. The van der Waals surface area contributed by atoms with Crippen LogP contribution in [-0.2, 0) is 0 Å². The van der Waals surface area contributed by atoms with Crippen molar-refractivity contribution >= 4 is 28.5 Å². The smallest absolute Gasteiger partial charge is 0.270 e. The van der Waals surface area contributed by atoms with E-state index in [9.17, 15) is 19.5 Å². The van der Waals surface area contributed by atoms with E-state index in [2.05, 4.69) is 30.9 Å². The number of aromatic hydroxyl groups is 1. The summed E-state index contributed by atoms with van der Waals surface area (Å²) >= 11 is 0. The number of rotatable bonds is 6. The Hall–Kier alpha value is -4.70. The summed E-state index contributed by atoms with van der Waals surface area (Å²) in [4.78, 5) is 51.1. The summed E-state index contributed by atoms with van der Waals surface area (Å²) in [6.07, 6.45) is 5.95. The zero-order valence-corrected chi connectivity index (χ0v) is 20.4. The van der Waals surface area contributed by atoms with Crippen molar-refractivity contribution < 1.29 is 19.5 Å². The number of pyridine rings is 1. The molecule has 1 aliphatic heterocycles. The van der Waals surface area contributed by atoms with Crippen molar-refractivity contribution in [2.45, 2.75) is 24.9 Å². The SMILES string of the molecule is O=C(N[C@@H]1CCCNC[C@H]1NC(=O)c1ccncn1)c1ccc(C(=O)c2c(O)ccc3ncccc23)cc1. The highest BCUT2D eigenvalue weighted by molar-refractivity contribution is 6.18. The lowest BCUT2D eigenvalue weighted by molar-refractivity contribution is 0.0880. The number of hydrogen-bond acceptors (Lipinski definition) is 8. The molecule has 1 aliphatic rings. The number of ketones is 1. The highest BCUT2D eigenvalue weighted by Gasteiger charge is 2.28. The third-order valence-electron chi connectivity index (χ3n) is 6.57. The minimum atomic E-state index is -0.365. The van der Waals surface area contributed by atoms with Crippen LogP contribution in [0, 0.1) is 0 Å². The third kappa shape index (κ3) is 5.35. The standard InChI is InChI=1S/C28H26N6O4/c35-24-10-9-20-19(3-1-13-31-20)25(24)26(36)17-5-7-18(8-6-17)27(37)33-21-4-2-12-29-15-23(21)34-28(38)22-11-14-30-16-32-22/h1,3,5-11,13-14,16,21,23,29,35H,2,4,12,15H2,(H,33,37)(H,34,38)/t21-,23-/m1/s1. The molecule has 5 rings (SSSR count). The van der Waals surface area contributed by atoms with E-state index in [1.807, 2.05) is 0 Å². The van der Waals surface area contributed by atoms with E-state index in [4.69, 9.17) is 0 Å². The van der Waals surface area contributed by atoms with Gasteiger partial charge in [0.05, 0.1) is 23.2 Å². The van der Waals surface area contributed by atoms with Gasteiger partial charge in [0.1, 0.15) is 17.8 Å². The number of carbonyl (C=O) groups excluding carboxylic acids is 3. The number of carbonyl (C=O) groups is 3. The highest BCUT2D eigenvalue weighted by atomic mass is 16.3. The number of hydrogen-bond donors (Lipinski definition) is 4. The lowest BCUT2D eigenvalue weighted by Gasteiger charge is -2.27. The molecule has 2 atom stereocenters. The monoisotopic (exact) mass is 510 g/mol. The Balaban J connectivity index is 1.30. The zero-order valence-electron chi connectivity index (χ0n) is 20.4. The third-order valence-corrected chi connectivity index (χ3v) is 6.57. The van der Waals surface area contributed by atoms with Crippen molar-refractivity contribution in [3.8, 4) is 5.75 Å². The number of nitrogens with one attached hydrogen (secondary N) is 3. The van der Waals surface area contributed by atoms with Gasteiger partial charge in [-0.1, -0.05) is 18.2 Å². The highest BCUT2D eigenvalue weighted by Crippen LogP contribution is 2.28. The van der Waals surface area contributed by atoms with Crippen molar-refractivity contribution in [3.05, 3.63) is 95.7 Å². The van der Waals surface area contributed by atoms with Crippen LogP contribution in [0.3, 0.4) is 0 Å². The first-order chi connectivity index (χ1) is 18.5. The van der Waals surface area contributed by atoms with Gasteiger partial charge in [-0.05, 0) is 55.8 Å². The van der Waals surface area contributed by atoms with Gasteiger partial charge in [-0.25, -0.2) is 9.97 Å². The van der Waals surface area contributed by atoms with Gasteiger partial charge in [-0.15, -0.1) is 0 Å². The van der Waals surface area contributed by atoms with Crippen molar-refractivity contribution in [2.75, 3.05) is 13.1 Å². The second kappa shape index (κ2) is 11.1. The Morgan fingerprint density at radius 3 is 2.45 bits per heavy atom. The molecule has 0 radical (unpaired) electrons. The largest absolute Gasteiger partial charge is 0.507 e. The maximum absolute atomic E-state index is 13.2. The molecule has 4 N–H and O–H groups in total. The van der Waals surface area contributed by atoms with Crippen molar-refractivity contribution in [2.24, 2.45) is 0 Å². The van der Waals surface area contributed by atoms with Gasteiger partial charge >= 0.3 is 0 Å². The van der Waals surface area contributed by atoms with E-state index in [0.717, 1.165) is 13.0 Å². The molecule has 2 amide bonds. The molecule has 0 aliphatic carbocycles. The fraction of sp³-hybridized carbons (Fsp3) is 0.214. The molecule has 2 aromatic heterocycles.